The SMILES string of the molecule is C=C(C)CC(C)C(=O)N1CCCC(N(CC(=O)O)C(C)=O)CC1. The summed E-state index contributed by atoms with van der Waals surface area (Å²) in [6.07, 6.45) is 2.81. The van der Waals surface area contributed by atoms with Crippen molar-refractivity contribution in [2.75, 3.05) is 19.6 Å². The molecule has 0 aliphatic carbocycles. The predicted molar refractivity (Wildman–Crippen MR) is 87.8 cm³/mol. The highest BCUT2D eigenvalue weighted by Gasteiger charge is 2.28. The zero-order valence-corrected chi connectivity index (χ0v) is 14.4. The quantitative estimate of drug-likeness (QED) is 0.757. The summed E-state index contributed by atoms with van der Waals surface area (Å²) in [6, 6.07) is -0.113. The summed E-state index contributed by atoms with van der Waals surface area (Å²) >= 11 is 0. The van der Waals surface area contributed by atoms with Crippen molar-refractivity contribution in [2.45, 2.75) is 52.5 Å². The minimum absolute atomic E-state index is 0.0908. The van der Waals surface area contributed by atoms with Crippen LogP contribution in [0.5, 0.6) is 0 Å². The molecule has 1 heterocycles. The third-order valence-electron chi connectivity index (χ3n) is 4.24. The molecular weight excluding hydrogens is 296 g/mol. The second kappa shape index (κ2) is 8.70. The van der Waals surface area contributed by atoms with Crippen molar-refractivity contribution in [3.8, 4) is 0 Å². The molecule has 0 saturated carbocycles. The summed E-state index contributed by atoms with van der Waals surface area (Å²) < 4.78 is 0. The highest BCUT2D eigenvalue weighted by atomic mass is 16.4. The number of amides is 2. The molecule has 2 amide bonds. The van der Waals surface area contributed by atoms with E-state index in [-0.39, 0.29) is 30.3 Å². The summed E-state index contributed by atoms with van der Waals surface area (Å²) in [5.74, 6) is -1.21. The number of carboxylic acid groups (broad SMARTS) is 1. The number of carbonyl (C=O) groups is 3. The van der Waals surface area contributed by atoms with Crippen LogP contribution < -0.4 is 0 Å². The van der Waals surface area contributed by atoms with Crippen LogP contribution in [0, 0.1) is 5.92 Å². The first-order chi connectivity index (χ1) is 10.7. The van der Waals surface area contributed by atoms with Crippen LogP contribution >= 0.6 is 0 Å². The second-order valence-corrected chi connectivity index (χ2v) is 6.51. The van der Waals surface area contributed by atoms with Gasteiger partial charge in [-0.25, -0.2) is 0 Å². The molecule has 1 saturated heterocycles. The molecule has 0 bridgehead atoms. The molecule has 2 unspecified atom stereocenters. The van der Waals surface area contributed by atoms with Crippen LogP contribution in [0.4, 0.5) is 0 Å². The topological polar surface area (TPSA) is 77.9 Å². The fraction of sp³-hybridized carbons (Fsp3) is 0.706. The lowest BCUT2D eigenvalue weighted by Gasteiger charge is -2.29. The summed E-state index contributed by atoms with van der Waals surface area (Å²) in [4.78, 5) is 38.4. The highest BCUT2D eigenvalue weighted by molar-refractivity contribution is 5.80. The Labute approximate surface area is 138 Å². The summed E-state index contributed by atoms with van der Waals surface area (Å²) in [5.41, 5.74) is 0.989. The molecule has 0 spiro atoms. The summed E-state index contributed by atoms with van der Waals surface area (Å²) in [5, 5.41) is 8.96. The Hall–Kier alpha value is -1.85. The van der Waals surface area contributed by atoms with Crippen molar-refractivity contribution in [1.29, 1.82) is 0 Å². The Bertz CT molecular complexity index is 475. The zero-order chi connectivity index (χ0) is 17.6. The van der Waals surface area contributed by atoms with Gasteiger partial charge in [0.15, 0.2) is 0 Å². The molecule has 0 aromatic rings. The maximum Gasteiger partial charge on any atom is 0.323 e. The maximum atomic E-state index is 12.5. The van der Waals surface area contributed by atoms with Gasteiger partial charge >= 0.3 is 5.97 Å². The number of carboxylic acids is 1. The molecule has 1 fully saturated rings. The van der Waals surface area contributed by atoms with Crippen LogP contribution in [0.3, 0.4) is 0 Å². The Kier molecular flexibility index (Phi) is 7.26. The fourth-order valence-electron chi connectivity index (χ4n) is 3.18. The first-order valence-electron chi connectivity index (χ1n) is 8.14. The third kappa shape index (κ3) is 6.04. The molecular formula is C17H28N2O4. The van der Waals surface area contributed by atoms with E-state index in [0.717, 1.165) is 18.4 Å². The number of aliphatic carboxylic acids is 1. The molecule has 1 N–H and O–H groups in total. The van der Waals surface area contributed by atoms with Gasteiger partial charge in [-0.05, 0) is 32.6 Å². The maximum absolute atomic E-state index is 12.5. The molecule has 1 aliphatic heterocycles. The minimum Gasteiger partial charge on any atom is -0.480 e. The predicted octanol–water partition coefficient (Wildman–Crippen LogP) is 1.90. The summed E-state index contributed by atoms with van der Waals surface area (Å²) in [7, 11) is 0. The van der Waals surface area contributed by atoms with E-state index in [1.54, 1.807) is 0 Å². The van der Waals surface area contributed by atoms with Crippen molar-refractivity contribution < 1.29 is 19.5 Å². The van der Waals surface area contributed by atoms with Crippen LogP contribution in [0.2, 0.25) is 0 Å². The van der Waals surface area contributed by atoms with Gasteiger partial charge in [0.1, 0.15) is 6.54 Å². The smallest absolute Gasteiger partial charge is 0.323 e. The van der Waals surface area contributed by atoms with Gasteiger partial charge in [0, 0.05) is 32.0 Å². The standard InChI is InChI=1S/C17H28N2O4/c1-12(2)10-13(3)17(23)18-8-5-6-15(7-9-18)19(14(4)20)11-16(21)22/h13,15H,1,5-11H2,2-4H3,(H,21,22). The van der Waals surface area contributed by atoms with E-state index in [1.165, 1.54) is 11.8 Å². The van der Waals surface area contributed by atoms with Gasteiger partial charge in [0.25, 0.3) is 0 Å². The molecule has 1 aliphatic rings. The van der Waals surface area contributed by atoms with E-state index >= 15 is 0 Å². The first kappa shape index (κ1) is 19.2. The lowest BCUT2D eigenvalue weighted by Crippen LogP contribution is -2.43. The highest BCUT2D eigenvalue weighted by Crippen LogP contribution is 2.20. The van der Waals surface area contributed by atoms with Crippen molar-refractivity contribution in [3.63, 3.8) is 0 Å². The van der Waals surface area contributed by atoms with Crippen LogP contribution in [-0.2, 0) is 14.4 Å². The molecule has 0 aromatic heterocycles. The number of hydrogen-bond acceptors (Lipinski definition) is 3. The number of hydrogen-bond donors (Lipinski definition) is 1. The first-order valence-corrected chi connectivity index (χ1v) is 8.14. The number of nitrogens with zero attached hydrogens (tertiary/aromatic N) is 2. The van der Waals surface area contributed by atoms with Crippen LogP contribution in [0.25, 0.3) is 0 Å². The van der Waals surface area contributed by atoms with Gasteiger partial charge < -0.3 is 14.9 Å². The zero-order valence-electron chi connectivity index (χ0n) is 14.4. The van der Waals surface area contributed by atoms with Gasteiger partial charge in [-0.15, -0.1) is 6.58 Å². The molecule has 23 heavy (non-hydrogen) atoms. The van der Waals surface area contributed by atoms with Crippen LogP contribution in [0.15, 0.2) is 12.2 Å². The molecule has 0 aromatic carbocycles. The normalized spacial score (nSPS) is 19.6. The lowest BCUT2D eigenvalue weighted by molar-refractivity contribution is -0.145. The van der Waals surface area contributed by atoms with E-state index in [0.29, 0.717) is 25.9 Å². The van der Waals surface area contributed by atoms with Gasteiger partial charge in [-0.1, -0.05) is 12.5 Å². The Morgan fingerprint density at radius 1 is 1.26 bits per heavy atom. The Morgan fingerprint density at radius 3 is 2.43 bits per heavy atom. The Balaban J connectivity index is 2.68. The van der Waals surface area contributed by atoms with Gasteiger partial charge in [-0.2, -0.15) is 0 Å². The van der Waals surface area contributed by atoms with Gasteiger partial charge in [0.05, 0.1) is 0 Å². The van der Waals surface area contributed by atoms with Crippen molar-refractivity contribution in [1.82, 2.24) is 9.80 Å². The largest absolute Gasteiger partial charge is 0.480 e. The van der Waals surface area contributed by atoms with Gasteiger partial charge in [0.2, 0.25) is 11.8 Å². The van der Waals surface area contributed by atoms with E-state index in [2.05, 4.69) is 6.58 Å². The van der Waals surface area contributed by atoms with Crippen LogP contribution in [0.1, 0.15) is 46.5 Å². The van der Waals surface area contributed by atoms with Crippen molar-refractivity contribution >= 4 is 17.8 Å². The lowest BCUT2D eigenvalue weighted by atomic mass is 10.0. The Morgan fingerprint density at radius 2 is 1.91 bits per heavy atom. The number of carbonyl (C=O) groups excluding carboxylic acids is 2. The average Bonchev–Trinajstić information content (AvgIpc) is 2.68. The number of allylic oxidation sites excluding steroid dienone is 1. The van der Waals surface area contributed by atoms with E-state index < -0.39 is 5.97 Å². The van der Waals surface area contributed by atoms with Crippen molar-refractivity contribution in [2.24, 2.45) is 5.92 Å². The fourth-order valence-corrected chi connectivity index (χ4v) is 3.18. The molecule has 1 rings (SSSR count). The molecule has 6 heteroatoms. The molecule has 130 valence electrons. The van der Waals surface area contributed by atoms with E-state index in [9.17, 15) is 14.4 Å². The minimum atomic E-state index is -1.01. The van der Waals surface area contributed by atoms with Crippen LogP contribution in [-0.4, -0.2) is 58.4 Å². The molecule has 0 radical (unpaired) electrons. The molecule has 2 atom stereocenters. The average molecular weight is 324 g/mol. The van der Waals surface area contributed by atoms with Gasteiger partial charge in [-0.3, -0.25) is 14.4 Å². The molecule has 6 nitrogen and oxygen atoms in total. The number of likely N-dealkylation sites (tertiary alicyclic amines) is 1. The van der Waals surface area contributed by atoms with Crippen molar-refractivity contribution in [3.05, 3.63) is 12.2 Å². The monoisotopic (exact) mass is 324 g/mol. The van der Waals surface area contributed by atoms with E-state index in [1.807, 2.05) is 18.7 Å². The summed E-state index contributed by atoms with van der Waals surface area (Å²) in [6.45, 7) is 10.0. The number of rotatable bonds is 6. The second-order valence-electron chi connectivity index (χ2n) is 6.51. The van der Waals surface area contributed by atoms with E-state index in [4.69, 9.17) is 5.11 Å². The third-order valence-corrected chi connectivity index (χ3v) is 4.24.